The highest BCUT2D eigenvalue weighted by Gasteiger charge is 2.31. The van der Waals surface area contributed by atoms with Gasteiger partial charge in [-0.2, -0.15) is 5.10 Å². The molecule has 0 N–H and O–H groups in total. The summed E-state index contributed by atoms with van der Waals surface area (Å²) < 4.78 is 7.19. The topological polar surface area (TPSA) is 77.0 Å². The molecule has 130 valence electrons. The number of aryl methyl sites for hydroxylation is 4. The second-order valence-electron chi connectivity index (χ2n) is 6.69. The number of piperidine rings is 1. The first-order valence-electron chi connectivity index (χ1n) is 8.49. The van der Waals surface area contributed by atoms with E-state index in [1.165, 1.54) is 0 Å². The van der Waals surface area contributed by atoms with Gasteiger partial charge in [0.05, 0.1) is 17.7 Å². The van der Waals surface area contributed by atoms with Gasteiger partial charge in [0.1, 0.15) is 17.4 Å². The van der Waals surface area contributed by atoms with Crippen LogP contribution in [0.3, 0.4) is 0 Å². The van der Waals surface area contributed by atoms with Crippen LogP contribution in [0.25, 0.3) is 0 Å². The number of carbonyl (C=O) groups excluding carboxylic acids is 1. The third-order valence-electron chi connectivity index (χ3n) is 4.85. The Morgan fingerprint density at radius 2 is 2.04 bits per heavy atom. The Morgan fingerprint density at radius 3 is 2.62 bits per heavy atom. The number of aromatic nitrogens is 4. The molecule has 0 spiro atoms. The van der Waals surface area contributed by atoms with Crippen molar-refractivity contribution in [3.05, 3.63) is 28.7 Å². The molecule has 0 radical (unpaired) electrons. The Bertz CT molecular complexity index is 729. The molecule has 0 aliphatic carbocycles. The fourth-order valence-electron chi connectivity index (χ4n) is 3.74. The monoisotopic (exact) mass is 331 g/mol. The summed E-state index contributed by atoms with van der Waals surface area (Å²) in [5.74, 6) is 2.30. The van der Waals surface area contributed by atoms with Crippen LogP contribution in [0.5, 0.6) is 0 Å². The number of carbonyl (C=O) groups is 1. The van der Waals surface area contributed by atoms with Gasteiger partial charge in [-0.15, -0.1) is 0 Å². The normalized spacial score (nSPS) is 19.5. The van der Waals surface area contributed by atoms with E-state index >= 15 is 0 Å². The van der Waals surface area contributed by atoms with Crippen LogP contribution >= 0.6 is 0 Å². The van der Waals surface area contributed by atoms with Gasteiger partial charge in [0.15, 0.2) is 0 Å². The highest BCUT2D eigenvalue weighted by Crippen LogP contribution is 2.28. The lowest BCUT2D eigenvalue weighted by molar-refractivity contribution is -0.134. The lowest BCUT2D eigenvalue weighted by Gasteiger charge is -2.34. The van der Waals surface area contributed by atoms with Crippen molar-refractivity contribution in [3.63, 3.8) is 0 Å². The first-order valence-corrected chi connectivity index (χ1v) is 8.49. The molecule has 0 bridgehead atoms. The maximum Gasteiger partial charge on any atom is 0.230 e. The summed E-state index contributed by atoms with van der Waals surface area (Å²) in [5, 5.41) is 8.47. The molecule has 2 aromatic heterocycles. The minimum Gasteiger partial charge on any atom is -0.361 e. The summed E-state index contributed by atoms with van der Waals surface area (Å²) in [7, 11) is 0. The van der Waals surface area contributed by atoms with Gasteiger partial charge < -0.3 is 9.42 Å². The molecule has 3 heterocycles. The SMILES string of the molecule is Cc1nc(C)n([C@H]2CCCN(C(=O)[C@H](C)c3c(C)noc3C)C2)n1. The molecule has 1 saturated heterocycles. The van der Waals surface area contributed by atoms with Crippen LogP contribution in [0.15, 0.2) is 4.52 Å². The van der Waals surface area contributed by atoms with Crippen LogP contribution in [0, 0.1) is 27.7 Å². The van der Waals surface area contributed by atoms with Gasteiger partial charge in [-0.05, 0) is 47.5 Å². The maximum atomic E-state index is 13.0. The number of likely N-dealkylation sites (tertiary alicyclic amines) is 1. The van der Waals surface area contributed by atoms with Gasteiger partial charge in [-0.25, -0.2) is 9.67 Å². The number of hydrogen-bond acceptors (Lipinski definition) is 5. The maximum absolute atomic E-state index is 13.0. The second-order valence-corrected chi connectivity index (χ2v) is 6.69. The molecular formula is C17H25N5O2. The molecule has 3 rings (SSSR count). The first-order chi connectivity index (χ1) is 11.4. The number of hydrogen-bond donors (Lipinski definition) is 0. The van der Waals surface area contributed by atoms with Crippen molar-refractivity contribution < 1.29 is 9.32 Å². The molecule has 2 atom stereocenters. The van der Waals surface area contributed by atoms with Crippen LogP contribution in [0.2, 0.25) is 0 Å². The Morgan fingerprint density at radius 1 is 1.29 bits per heavy atom. The van der Waals surface area contributed by atoms with Crippen molar-refractivity contribution in [2.45, 2.75) is 59.4 Å². The van der Waals surface area contributed by atoms with Crippen molar-refractivity contribution in [3.8, 4) is 0 Å². The van der Waals surface area contributed by atoms with E-state index in [2.05, 4.69) is 15.2 Å². The molecular weight excluding hydrogens is 306 g/mol. The summed E-state index contributed by atoms with van der Waals surface area (Å²) >= 11 is 0. The highest BCUT2D eigenvalue weighted by atomic mass is 16.5. The second kappa shape index (κ2) is 6.37. The van der Waals surface area contributed by atoms with E-state index in [-0.39, 0.29) is 17.9 Å². The largest absolute Gasteiger partial charge is 0.361 e. The van der Waals surface area contributed by atoms with E-state index in [1.54, 1.807) is 0 Å². The van der Waals surface area contributed by atoms with E-state index in [0.29, 0.717) is 6.54 Å². The van der Waals surface area contributed by atoms with Gasteiger partial charge in [0.25, 0.3) is 0 Å². The number of rotatable bonds is 3. The van der Waals surface area contributed by atoms with Gasteiger partial charge in [-0.3, -0.25) is 4.79 Å². The van der Waals surface area contributed by atoms with Crippen molar-refractivity contribution in [2.24, 2.45) is 0 Å². The predicted octanol–water partition coefficient (Wildman–Crippen LogP) is 2.47. The molecule has 1 aliphatic heterocycles. The molecule has 0 unspecified atom stereocenters. The summed E-state index contributed by atoms with van der Waals surface area (Å²) in [6.07, 6.45) is 2.00. The summed E-state index contributed by atoms with van der Waals surface area (Å²) in [4.78, 5) is 19.3. The van der Waals surface area contributed by atoms with Crippen molar-refractivity contribution in [1.82, 2.24) is 24.8 Å². The summed E-state index contributed by atoms with van der Waals surface area (Å²) in [5.41, 5.74) is 1.71. The number of amides is 1. The molecule has 7 heteroatoms. The smallest absolute Gasteiger partial charge is 0.230 e. The Labute approximate surface area is 142 Å². The van der Waals surface area contributed by atoms with E-state index in [0.717, 1.165) is 48.1 Å². The van der Waals surface area contributed by atoms with Crippen molar-refractivity contribution >= 4 is 5.91 Å². The Kier molecular flexibility index (Phi) is 4.43. The fraction of sp³-hybridized carbons (Fsp3) is 0.647. The van der Waals surface area contributed by atoms with Crippen LogP contribution in [0.4, 0.5) is 0 Å². The van der Waals surface area contributed by atoms with Gasteiger partial charge in [0.2, 0.25) is 5.91 Å². The van der Waals surface area contributed by atoms with Gasteiger partial charge >= 0.3 is 0 Å². The standard InChI is InChI=1S/C17H25N5O2/c1-10(16-11(2)20-24-12(16)3)17(23)21-8-6-7-15(9-21)22-14(5)18-13(4)19-22/h10,15H,6-9H2,1-5H3/t10-,15+/m1/s1. The van der Waals surface area contributed by atoms with Gasteiger partial charge in [0, 0.05) is 18.7 Å². The lowest BCUT2D eigenvalue weighted by Crippen LogP contribution is -2.43. The Balaban J connectivity index is 1.77. The molecule has 24 heavy (non-hydrogen) atoms. The van der Waals surface area contributed by atoms with E-state index in [4.69, 9.17) is 4.52 Å². The lowest BCUT2D eigenvalue weighted by atomic mass is 9.96. The molecule has 1 amide bonds. The average molecular weight is 331 g/mol. The van der Waals surface area contributed by atoms with Crippen molar-refractivity contribution in [2.75, 3.05) is 13.1 Å². The zero-order valence-electron chi connectivity index (χ0n) is 15.0. The van der Waals surface area contributed by atoms with Gasteiger partial charge in [-0.1, -0.05) is 5.16 Å². The zero-order chi connectivity index (χ0) is 17.4. The third-order valence-corrected chi connectivity index (χ3v) is 4.85. The van der Waals surface area contributed by atoms with Crippen LogP contribution in [-0.2, 0) is 4.79 Å². The highest BCUT2D eigenvalue weighted by molar-refractivity contribution is 5.84. The van der Waals surface area contributed by atoms with E-state index < -0.39 is 0 Å². The average Bonchev–Trinajstić information content (AvgIpc) is 3.07. The predicted molar refractivity (Wildman–Crippen MR) is 88.7 cm³/mol. The van der Waals surface area contributed by atoms with E-state index in [9.17, 15) is 4.79 Å². The van der Waals surface area contributed by atoms with Crippen LogP contribution in [0.1, 0.15) is 60.4 Å². The molecule has 1 fully saturated rings. The molecule has 0 aromatic carbocycles. The van der Waals surface area contributed by atoms with E-state index in [1.807, 2.05) is 44.2 Å². The Hall–Kier alpha value is -2.18. The molecule has 0 saturated carbocycles. The summed E-state index contributed by atoms with van der Waals surface area (Å²) in [6, 6.07) is 0.195. The van der Waals surface area contributed by atoms with Crippen LogP contribution < -0.4 is 0 Å². The molecule has 2 aromatic rings. The van der Waals surface area contributed by atoms with Crippen molar-refractivity contribution in [1.29, 1.82) is 0 Å². The third kappa shape index (κ3) is 2.95. The molecule has 7 nitrogen and oxygen atoms in total. The minimum absolute atomic E-state index is 0.128. The van der Waals surface area contributed by atoms with Crippen LogP contribution in [-0.4, -0.2) is 43.8 Å². The zero-order valence-corrected chi connectivity index (χ0v) is 15.0. The first kappa shape index (κ1) is 16.7. The minimum atomic E-state index is -0.242. The number of nitrogens with zero attached hydrogens (tertiary/aromatic N) is 5. The molecule has 1 aliphatic rings. The quantitative estimate of drug-likeness (QED) is 0.863. The fourth-order valence-corrected chi connectivity index (χ4v) is 3.74. The summed E-state index contributed by atoms with van der Waals surface area (Å²) in [6.45, 7) is 11.0.